The fourth-order valence-electron chi connectivity index (χ4n) is 5.13. The minimum atomic E-state index is -0.300. The minimum Gasteiger partial charge on any atom is -0.691 e. The van der Waals surface area contributed by atoms with E-state index in [0.29, 0.717) is 49.5 Å². The van der Waals surface area contributed by atoms with Crippen molar-refractivity contribution in [2.24, 2.45) is 30.7 Å². The molecule has 0 radical (unpaired) electrons. The van der Waals surface area contributed by atoms with E-state index in [9.17, 15) is 25.7 Å². The van der Waals surface area contributed by atoms with Crippen LogP contribution in [0.2, 0.25) is 0 Å². The van der Waals surface area contributed by atoms with Crippen LogP contribution >= 0.6 is 12.0 Å². The van der Waals surface area contributed by atoms with Gasteiger partial charge in [-0.2, -0.15) is 24.8 Å². The van der Waals surface area contributed by atoms with Gasteiger partial charge < -0.3 is 25.7 Å². The van der Waals surface area contributed by atoms with Gasteiger partial charge in [-0.1, -0.05) is 13.5 Å². The summed E-state index contributed by atoms with van der Waals surface area (Å²) in [7, 11) is 0. The summed E-state index contributed by atoms with van der Waals surface area (Å²) in [5, 5.41) is 83.2. The van der Waals surface area contributed by atoms with Crippen LogP contribution in [0, 0.1) is 20.8 Å². The molecule has 0 amide bonds. The van der Waals surface area contributed by atoms with E-state index >= 15 is 0 Å². The number of hydrogen-bond acceptors (Lipinski definition) is 14. The van der Waals surface area contributed by atoms with Crippen LogP contribution in [-0.2, 0) is 25.9 Å². The molecule has 0 unspecified atom stereocenters. The standard InChI is InChI=1S/C35H28N6O7S.CH4.Ni/c1-18-11-26(49-48-47-46)15-22-14-24(4-7-27(18)22)38-39-29-17-32(43)30(12-19(29)2)40-41-34-20(3)10-21-13-23(5-8-28(21)35(34)45)36-37-25-6-9-31(42)33(44)16-25;;/h4-17,42-46H,1-3H3;1H4;/p-1. The van der Waals surface area contributed by atoms with Crippen LogP contribution in [0.1, 0.15) is 24.1 Å². The van der Waals surface area contributed by atoms with Crippen molar-refractivity contribution < 1.29 is 51.5 Å². The van der Waals surface area contributed by atoms with Gasteiger partial charge in [0.15, 0.2) is 17.2 Å². The summed E-state index contributed by atoms with van der Waals surface area (Å²) in [5.74, 6) is -0.811. The number of nitrogens with zero attached hydrogens (tertiary/aromatic N) is 6. The average Bonchev–Trinajstić information content (AvgIpc) is 3.08. The molecule has 0 aliphatic carbocycles. The zero-order valence-electron chi connectivity index (χ0n) is 26.5. The Kier molecular flexibility index (Phi) is 12.4. The average molecular weight is 750 g/mol. The van der Waals surface area contributed by atoms with Gasteiger partial charge in [0.2, 0.25) is 0 Å². The third-order valence-electron chi connectivity index (χ3n) is 7.60. The molecule has 6 aromatic carbocycles. The van der Waals surface area contributed by atoms with Crippen molar-refractivity contribution in [3.05, 3.63) is 102 Å². The zero-order chi connectivity index (χ0) is 34.7. The number of rotatable bonds is 9. The maximum absolute atomic E-state index is 11.1. The van der Waals surface area contributed by atoms with Crippen molar-refractivity contribution in [3.63, 3.8) is 0 Å². The van der Waals surface area contributed by atoms with E-state index in [4.69, 9.17) is 0 Å². The zero-order valence-corrected chi connectivity index (χ0v) is 28.3. The van der Waals surface area contributed by atoms with Crippen molar-refractivity contribution in [1.82, 2.24) is 0 Å². The number of phenols is 4. The Bertz CT molecular complexity index is 2340. The van der Waals surface area contributed by atoms with E-state index in [1.807, 2.05) is 43.3 Å². The molecule has 13 nitrogen and oxygen atoms in total. The van der Waals surface area contributed by atoms with Gasteiger partial charge >= 0.3 is 0 Å². The Morgan fingerprint density at radius 1 is 0.549 bits per heavy atom. The molecular weight excluding hydrogens is 719 g/mol. The Morgan fingerprint density at radius 3 is 1.84 bits per heavy atom. The molecule has 51 heavy (non-hydrogen) atoms. The topological polar surface area (TPSA) is 197 Å². The van der Waals surface area contributed by atoms with Gasteiger partial charge in [0.1, 0.15) is 17.1 Å². The van der Waals surface area contributed by atoms with Crippen LogP contribution in [0.3, 0.4) is 0 Å². The number of phenolic OH excluding ortho intramolecular Hbond substituents is 4. The van der Waals surface area contributed by atoms with Crippen molar-refractivity contribution in [1.29, 1.82) is 0 Å². The normalized spacial score (nSPS) is 11.5. The molecule has 0 aliphatic rings. The molecule has 0 aliphatic heterocycles. The van der Waals surface area contributed by atoms with E-state index in [0.717, 1.165) is 28.4 Å². The third kappa shape index (κ3) is 8.66. The summed E-state index contributed by atoms with van der Waals surface area (Å²) in [6.07, 6.45) is 0. The number of fused-ring (bicyclic) bond motifs is 2. The molecule has 0 saturated carbocycles. The fraction of sp³-hybridized carbons (Fsp3) is 0.111. The number of benzene rings is 6. The van der Waals surface area contributed by atoms with Gasteiger partial charge in [-0.25, -0.2) is 0 Å². The molecule has 0 fully saturated rings. The van der Waals surface area contributed by atoms with Crippen molar-refractivity contribution in [3.8, 4) is 23.0 Å². The van der Waals surface area contributed by atoms with Crippen LogP contribution in [0.5, 0.6) is 23.0 Å². The molecule has 4 N–H and O–H groups in total. The molecular formula is C36H31N6NiO7S-. The molecule has 6 aromatic rings. The number of aromatic hydroxyl groups is 4. The van der Waals surface area contributed by atoms with E-state index in [1.165, 1.54) is 24.3 Å². The summed E-state index contributed by atoms with van der Waals surface area (Å²) in [4.78, 5) is 0.690. The second kappa shape index (κ2) is 16.5. The summed E-state index contributed by atoms with van der Waals surface area (Å²) in [5.41, 5.74) is 4.59. The van der Waals surface area contributed by atoms with Crippen molar-refractivity contribution in [2.75, 3.05) is 0 Å². The molecule has 0 atom stereocenters. The summed E-state index contributed by atoms with van der Waals surface area (Å²) >= 11 is 0.812. The molecule has 0 heterocycles. The Labute approximate surface area is 306 Å². The Morgan fingerprint density at radius 2 is 1.16 bits per heavy atom. The molecule has 0 spiro atoms. The smallest absolute Gasteiger partial charge is 0.159 e. The van der Waals surface area contributed by atoms with Crippen LogP contribution in [0.25, 0.3) is 21.5 Å². The summed E-state index contributed by atoms with van der Waals surface area (Å²) < 4.78 is 4.44. The van der Waals surface area contributed by atoms with Gasteiger partial charge in [0.25, 0.3) is 0 Å². The van der Waals surface area contributed by atoms with Crippen molar-refractivity contribution in [2.45, 2.75) is 33.1 Å². The van der Waals surface area contributed by atoms with Crippen LogP contribution in [-0.4, -0.2) is 20.4 Å². The number of hydrogen-bond donors (Lipinski definition) is 4. The minimum absolute atomic E-state index is 0. The van der Waals surface area contributed by atoms with E-state index in [2.05, 4.69) is 40.1 Å². The second-order valence-corrected chi connectivity index (χ2v) is 11.8. The molecule has 15 heteroatoms. The van der Waals surface area contributed by atoms with E-state index < -0.39 is 0 Å². The summed E-state index contributed by atoms with van der Waals surface area (Å²) in [6.45, 7) is 5.52. The summed E-state index contributed by atoms with van der Waals surface area (Å²) in [6, 6.07) is 23.4. The molecule has 264 valence electrons. The largest absolute Gasteiger partial charge is 0.691 e. The van der Waals surface area contributed by atoms with Crippen molar-refractivity contribution >= 4 is 67.7 Å². The van der Waals surface area contributed by atoms with Crippen LogP contribution in [0.15, 0.2) is 121 Å². The van der Waals surface area contributed by atoms with Gasteiger partial charge in [-0.3, -0.25) is 5.04 Å². The monoisotopic (exact) mass is 749 g/mol. The molecule has 0 aromatic heterocycles. The van der Waals surface area contributed by atoms with E-state index in [-0.39, 0.29) is 58.3 Å². The first-order valence-electron chi connectivity index (χ1n) is 14.6. The van der Waals surface area contributed by atoms with Crippen LogP contribution < -0.4 is 5.26 Å². The SMILES string of the molecule is C.Cc1cc(N=Nc2c(C)cc3cc(N=Nc4ccc(O)c(O)c4)ccc3c2O)c(O)cc1N=Nc1ccc2c(C)cc(SOO[O-])cc2c1.[Ni]. The predicted octanol–water partition coefficient (Wildman–Crippen LogP) is 10.9. The van der Waals surface area contributed by atoms with Gasteiger partial charge in [-0.05, 0) is 120 Å². The first-order valence-corrected chi connectivity index (χ1v) is 15.4. The second-order valence-electron chi connectivity index (χ2n) is 11.1. The maximum atomic E-state index is 11.1. The van der Waals surface area contributed by atoms with Gasteiger partial charge in [0, 0.05) is 38.9 Å². The molecule has 6 rings (SSSR count). The molecule has 0 saturated heterocycles. The first kappa shape index (κ1) is 38.4. The number of azo groups is 3. The molecule has 0 bridgehead atoms. The Hall–Kier alpha value is -5.44. The first-order chi connectivity index (χ1) is 23.6. The quantitative estimate of drug-likeness (QED) is 0.0279. The number of aryl methyl sites for hydroxylation is 3. The van der Waals surface area contributed by atoms with Gasteiger partial charge in [0.05, 0.1) is 34.8 Å². The third-order valence-corrected chi connectivity index (χ3v) is 8.15. The van der Waals surface area contributed by atoms with Crippen LogP contribution in [0.4, 0.5) is 34.1 Å². The van der Waals surface area contributed by atoms with E-state index in [1.54, 1.807) is 38.1 Å². The maximum Gasteiger partial charge on any atom is 0.159 e. The van der Waals surface area contributed by atoms with Gasteiger partial charge in [-0.15, -0.1) is 10.2 Å². The fourth-order valence-corrected chi connectivity index (χ4v) is 5.64. The predicted molar refractivity (Wildman–Crippen MR) is 189 cm³/mol. The Balaban J connectivity index is 0.00000292.